The van der Waals surface area contributed by atoms with E-state index in [1.807, 2.05) is 17.0 Å². The molecule has 2 heterocycles. The average Bonchev–Trinajstić information content (AvgIpc) is 2.46. The Labute approximate surface area is 127 Å². The molecule has 5 heteroatoms. The Morgan fingerprint density at radius 2 is 2.00 bits per heavy atom. The highest BCUT2D eigenvalue weighted by molar-refractivity contribution is 5.92. The number of nitrogens with zero attached hydrogens (tertiary/aromatic N) is 3. The number of likely N-dealkylation sites (tertiary alicyclic amines) is 1. The second-order valence-corrected chi connectivity index (χ2v) is 6.19. The maximum absolute atomic E-state index is 12.5. The first-order valence-corrected chi connectivity index (χ1v) is 7.66. The van der Waals surface area contributed by atoms with Crippen molar-refractivity contribution in [3.8, 4) is 0 Å². The van der Waals surface area contributed by atoms with Gasteiger partial charge in [-0.05, 0) is 52.9 Å². The van der Waals surface area contributed by atoms with Gasteiger partial charge in [0, 0.05) is 25.2 Å². The third-order valence-corrected chi connectivity index (χ3v) is 3.89. The van der Waals surface area contributed by atoms with Crippen molar-refractivity contribution in [1.82, 2.24) is 14.8 Å². The van der Waals surface area contributed by atoms with Crippen LogP contribution in [0.2, 0.25) is 0 Å². The summed E-state index contributed by atoms with van der Waals surface area (Å²) in [5.74, 6) is 0.804. The first-order chi connectivity index (χ1) is 9.97. The Kier molecular flexibility index (Phi) is 5.17. The first-order valence-electron chi connectivity index (χ1n) is 7.66. The molecular weight excluding hydrogens is 264 g/mol. The second kappa shape index (κ2) is 6.89. The minimum atomic E-state index is 0.0413. The van der Waals surface area contributed by atoms with Crippen LogP contribution < -0.4 is 5.32 Å². The molecule has 1 aliphatic rings. The molecule has 0 bridgehead atoms. The van der Waals surface area contributed by atoms with E-state index in [4.69, 9.17) is 0 Å². The smallest absolute Gasteiger partial charge is 0.272 e. The van der Waals surface area contributed by atoms with E-state index in [-0.39, 0.29) is 5.91 Å². The molecular formula is C16H26N4O. The van der Waals surface area contributed by atoms with Crippen LogP contribution in [0.15, 0.2) is 18.2 Å². The summed E-state index contributed by atoms with van der Waals surface area (Å²) in [4.78, 5) is 21.1. The number of hydrogen-bond donors (Lipinski definition) is 1. The average molecular weight is 290 g/mol. The van der Waals surface area contributed by atoms with Crippen molar-refractivity contribution in [3.63, 3.8) is 0 Å². The molecule has 0 spiro atoms. The normalized spacial score (nSPS) is 16.6. The summed E-state index contributed by atoms with van der Waals surface area (Å²) in [7, 11) is 4.20. The van der Waals surface area contributed by atoms with Gasteiger partial charge in [0.2, 0.25) is 0 Å². The van der Waals surface area contributed by atoms with Crippen molar-refractivity contribution in [2.45, 2.75) is 38.8 Å². The largest absolute Gasteiger partial charge is 0.368 e. The molecule has 1 saturated heterocycles. The summed E-state index contributed by atoms with van der Waals surface area (Å²) in [5, 5.41) is 3.24. The van der Waals surface area contributed by atoms with E-state index in [2.05, 4.69) is 43.1 Å². The SMILES string of the molecule is CC(C)Nc1cccc(C(=O)N2CCC(N(C)C)CC2)n1. The molecule has 0 aromatic carbocycles. The fourth-order valence-corrected chi connectivity index (χ4v) is 2.68. The number of carbonyl (C=O) groups excluding carboxylic acids is 1. The van der Waals surface area contributed by atoms with Gasteiger partial charge in [-0.3, -0.25) is 4.79 Å². The molecule has 1 amide bonds. The van der Waals surface area contributed by atoms with E-state index in [1.165, 1.54) is 0 Å². The molecule has 0 unspecified atom stereocenters. The molecule has 1 aliphatic heterocycles. The number of nitrogens with one attached hydrogen (secondary N) is 1. The van der Waals surface area contributed by atoms with E-state index in [9.17, 15) is 4.79 Å². The Morgan fingerprint density at radius 3 is 2.57 bits per heavy atom. The fraction of sp³-hybridized carbons (Fsp3) is 0.625. The minimum absolute atomic E-state index is 0.0413. The maximum atomic E-state index is 12.5. The van der Waals surface area contributed by atoms with E-state index >= 15 is 0 Å². The summed E-state index contributed by atoms with van der Waals surface area (Å²) < 4.78 is 0. The molecule has 0 saturated carbocycles. The van der Waals surface area contributed by atoms with Gasteiger partial charge in [0.1, 0.15) is 11.5 Å². The second-order valence-electron chi connectivity index (χ2n) is 6.19. The van der Waals surface area contributed by atoms with Crippen LogP contribution >= 0.6 is 0 Å². The molecule has 0 aliphatic carbocycles. The maximum Gasteiger partial charge on any atom is 0.272 e. The van der Waals surface area contributed by atoms with Gasteiger partial charge in [0.05, 0.1) is 0 Å². The Hall–Kier alpha value is -1.62. The van der Waals surface area contributed by atoms with E-state index in [0.717, 1.165) is 31.7 Å². The van der Waals surface area contributed by atoms with Gasteiger partial charge in [-0.1, -0.05) is 6.07 Å². The number of aromatic nitrogens is 1. The molecule has 5 nitrogen and oxygen atoms in total. The predicted molar refractivity (Wildman–Crippen MR) is 85.6 cm³/mol. The van der Waals surface area contributed by atoms with Crippen molar-refractivity contribution < 1.29 is 4.79 Å². The Balaban J connectivity index is 2.00. The fourth-order valence-electron chi connectivity index (χ4n) is 2.68. The molecule has 1 fully saturated rings. The van der Waals surface area contributed by atoms with Crippen LogP contribution in [-0.4, -0.2) is 60.0 Å². The van der Waals surface area contributed by atoms with Gasteiger partial charge in [-0.2, -0.15) is 0 Å². The zero-order valence-corrected chi connectivity index (χ0v) is 13.5. The van der Waals surface area contributed by atoms with E-state index in [1.54, 1.807) is 6.07 Å². The van der Waals surface area contributed by atoms with Crippen LogP contribution in [0.3, 0.4) is 0 Å². The number of rotatable bonds is 4. The number of pyridine rings is 1. The molecule has 1 aromatic rings. The Bertz CT molecular complexity index is 479. The summed E-state index contributed by atoms with van der Waals surface area (Å²) >= 11 is 0. The lowest BCUT2D eigenvalue weighted by Gasteiger charge is -2.35. The highest BCUT2D eigenvalue weighted by atomic mass is 16.2. The van der Waals surface area contributed by atoms with Gasteiger partial charge in [-0.25, -0.2) is 4.98 Å². The molecule has 2 rings (SSSR count). The molecule has 1 N–H and O–H groups in total. The first kappa shape index (κ1) is 15.8. The predicted octanol–water partition coefficient (Wildman–Crippen LogP) is 2.07. The summed E-state index contributed by atoms with van der Waals surface area (Å²) in [5.41, 5.74) is 0.531. The topological polar surface area (TPSA) is 48.5 Å². The number of hydrogen-bond acceptors (Lipinski definition) is 4. The third-order valence-electron chi connectivity index (χ3n) is 3.89. The van der Waals surface area contributed by atoms with Gasteiger partial charge >= 0.3 is 0 Å². The number of amides is 1. The van der Waals surface area contributed by atoms with Crippen molar-refractivity contribution in [2.75, 3.05) is 32.5 Å². The van der Waals surface area contributed by atoms with Crippen molar-refractivity contribution in [1.29, 1.82) is 0 Å². The molecule has 21 heavy (non-hydrogen) atoms. The molecule has 0 atom stereocenters. The molecule has 1 aromatic heterocycles. The third kappa shape index (κ3) is 4.17. The van der Waals surface area contributed by atoms with E-state index < -0.39 is 0 Å². The van der Waals surface area contributed by atoms with Crippen molar-refractivity contribution >= 4 is 11.7 Å². The van der Waals surface area contributed by atoms with Crippen LogP contribution in [0.5, 0.6) is 0 Å². The highest BCUT2D eigenvalue weighted by Gasteiger charge is 2.25. The standard InChI is InChI=1S/C16H26N4O/c1-12(2)17-15-7-5-6-14(18-15)16(21)20-10-8-13(9-11-20)19(3)4/h5-7,12-13H,8-11H2,1-4H3,(H,17,18). The quantitative estimate of drug-likeness (QED) is 0.922. The van der Waals surface area contributed by atoms with Gasteiger partial charge in [-0.15, -0.1) is 0 Å². The van der Waals surface area contributed by atoms with Crippen LogP contribution in [0, 0.1) is 0 Å². The lowest BCUT2D eigenvalue weighted by molar-refractivity contribution is 0.0657. The minimum Gasteiger partial charge on any atom is -0.368 e. The zero-order valence-electron chi connectivity index (χ0n) is 13.5. The summed E-state index contributed by atoms with van der Waals surface area (Å²) in [6.07, 6.45) is 2.06. The lowest BCUT2D eigenvalue weighted by atomic mass is 10.0. The van der Waals surface area contributed by atoms with Crippen molar-refractivity contribution in [2.24, 2.45) is 0 Å². The van der Waals surface area contributed by atoms with E-state index in [0.29, 0.717) is 17.8 Å². The van der Waals surface area contributed by atoms with Gasteiger partial charge < -0.3 is 15.1 Å². The van der Waals surface area contributed by atoms with Gasteiger partial charge in [0.15, 0.2) is 0 Å². The monoisotopic (exact) mass is 290 g/mol. The number of anilines is 1. The highest BCUT2D eigenvalue weighted by Crippen LogP contribution is 2.17. The van der Waals surface area contributed by atoms with Crippen LogP contribution in [0.1, 0.15) is 37.2 Å². The zero-order chi connectivity index (χ0) is 15.4. The van der Waals surface area contributed by atoms with Crippen LogP contribution in [0.25, 0.3) is 0 Å². The van der Waals surface area contributed by atoms with Crippen LogP contribution in [0.4, 0.5) is 5.82 Å². The molecule has 0 radical (unpaired) electrons. The summed E-state index contributed by atoms with van der Waals surface area (Å²) in [6, 6.07) is 6.47. The lowest BCUT2D eigenvalue weighted by Crippen LogP contribution is -2.44. The molecule has 116 valence electrons. The summed E-state index contributed by atoms with van der Waals surface area (Å²) in [6.45, 7) is 5.74. The number of piperidine rings is 1. The number of carbonyl (C=O) groups is 1. The van der Waals surface area contributed by atoms with Gasteiger partial charge in [0.25, 0.3) is 5.91 Å². The van der Waals surface area contributed by atoms with Crippen molar-refractivity contribution in [3.05, 3.63) is 23.9 Å². The Morgan fingerprint density at radius 1 is 1.33 bits per heavy atom. The van der Waals surface area contributed by atoms with Crippen LogP contribution in [-0.2, 0) is 0 Å².